The number of hydrogen-bond donors (Lipinski definition) is 0. The maximum Gasteiger partial charge on any atom is 0.252 e. The van der Waals surface area contributed by atoms with E-state index in [1.807, 2.05) is 0 Å². The van der Waals surface area contributed by atoms with E-state index in [2.05, 4.69) is 225 Å². The summed E-state index contributed by atoms with van der Waals surface area (Å²) in [6, 6.07) is 56.3. The Bertz CT molecular complexity index is 2520. The summed E-state index contributed by atoms with van der Waals surface area (Å²) in [5.74, 6) is 2.07. The summed E-state index contributed by atoms with van der Waals surface area (Å²) in [7, 11) is 0. The minimum absolute atomic E-state index is 0.0566. The number of para-hydroxylation sites is 2. The monoisotopic (exact) mass is 782 g/mol. The Morgan fingerprint density at radius 1 is 0.317 bits per heavy atom. The van der Waals surface area contributed by atoms with Gasteiger partial charge in [0.25, 0.3) is 6.71 Å². The largest absolute Gasteiger partial charge is 0.311 e. The van der Waals surface area contributed by atoms with Crippen LogP contribution in [0.1, 0.15) is 127 Å². The number of hydrogen-bond acceptors (Lipinski definition) is 2. The van der Waals surface area contributed by atoms with Gasteiger partial charge in [0.1, 0.15) is 0 Å². The first kappa shape index (κ1) is 39.7. The van der Waals surface area contributed by atoms with E-state index in [0.717, 1.165) is 0 Å². The van der Waals surface area contributed by atoms with E-state index in [0.29, 0.717) is 29.6 Å². The second-order valence-corrected chi connectivity index (χ2v) is 18.8. The summed E-state index contributed by atoms with van der Waals surface area (Å²) >= 11 is 0. The van der Waals surface area contributed by atoms with E-state index in [1.54, 1.807) is 0 Å². The van der Waals surface area contributed by atoms with Crippen LogP contribution in [0.5, 0.6) is 0 Å². The van der Waals surface area contributed by atoms with Gasteiger partial charge in [-0.25, -0.2) is 0 Å². The normalized spacial score (nSPS) is 13.2. The Hall–Kier alpha value is -5.80. The zero-order chi connectivity index (χ0) is 42.0. The summed E-state index contributed by atoms with van der Waals surface area (Å²) in [5.41, 5.74) is 23.3. The molecule has 7 aromatic rings. The first-order chi connectivity index (χ1) is 28.9. The topological polar surface area (TPSA) is 6.48 Å². The van der Waals surface area contributed by atoms with Crippen LogP contribution in [-0.2, 0) is 0 Å². The predicted octanol–water partition coefficient (Wildman–Crippen LogP) is 14.7. The van der Waals surface area contributed by atoms with Gasteiger partial charge < -0.3 is 9.80 Å². The van der Waals surface area contributed by atoms with Crippen molar-refractivity contribution in [2.45, 2.75) is 98.8 Å². The molecule has 0 atom stereocenters. The highest BCUT2D eigenvalue weighted by Crippen LogP contribution is 2.49. The Morgan fingerprint density at radius 3 is 1.03 bits per heavy atom. The molecular weight excluding hydrogens is 723 g/mol. The minimum atomic E-state index is 0.0566. The lowest BCUT2D eigenvalue weighted by molar-refractivity contribution is 0.864. The summed E-state index contributed by atoms with van der Waals surface area (Å²) in [6.45, 7) is 23.1. The van der Waals surface area contributed by atoms with Gasteiger partial charge in [-0.05, 0) is 121 Å². The van der Waals surface area contributed by atoms with Crippen LogP contribution in [0.25, 0.3) is 22.3 Å². The Morgan fingerprint density at radius 2 is 0.667 bits per heavy atom. The van der Waals surface area contributed by atoms with Gasteiger partial charge in [-0.1, -0.05) is 178 Å². The van der Waals surface area contributed by atoms with Crippen LogP contribution in [-0.4, -0.2) is 6.71 Å². The number of fused-ring (bicyclic) bond motifs is 4. The zero-order valence-corrected chi connectivity index (χ0v) is 37.2. The second-order valence-electron chi connectivity index (χ2n) is 18.8. The molecule has 0 bridgehead atoms. The molecule has 2 heterocycles. The van der Waals surface area contributed by atoms with Crippen molar-refractivity contribution >= 4 is 57.2 Å². The summed E-state index contributed by atoms with van der Waals surface area (Å²) in [4.78, 5) is 5.22. The second kappa shape index (κ2) is 15.7. The molecular formula is C57H59BN2. The smallest absolute Gasteiger partial charge is 0.252 e. The standard InChI is InChI=1S/C57H59BN2/c1-35(2)40-19-23-42(24-20-40)47-15-11-13-17-51(47)59-53-29-27-44(37(5)6)31-49(53)58-50-32-45(38(7)8)28-30-54(50)60(56-34-46(39(9)10)33-55(59)57(56)58)52-18-14-12-16-48(52)43-25-21-41(22-26-43)36(3)4/h11-39H,1-10H3. The van der Waals surface area contributed by atoms with Gasteiger partial charge in [0.05, 0.1) is 11.4 Å². The summed E-state index contributed by atoms with van der Waals surface area (Å²) in [5, 5.41) is 0. The Balaban J connectivity index is 1.37. The highest BCUT2D eigenvalue weighted by atomic mass is 15.2. The number of anilines is 6. The lowest BCUT2D eigenvalue weighted by atomic mass is 9.33. The van der Waals surface area contributed by atoms with Crippen LogP contribution in [0.4, 0.5) is 34.1 Å². The molecule has 3 heteroatoms. The van der Waals surface area contributed by atoms with Gasteiger partial charge in [0.15, 0.2) is 0 Å². The maximum absolute atomic E-state index is 2.61. The quantitative estimate of drug-likeness (QED) is 0.135. The van der Waals surface area contributed by atoms with Gasteiger partial charge >= 0.3 is 0 Å². The van der Waals surface area contributed by atoms with Crippen LogP contribution in [0.3, 0.4) is 0 Å². The molecule has 0 radical (unpaired) electrons. The molecule has 2 aliphatic heterocycles. The average molecular weight is 783 g/mol. The lowest BCUT2D eigenvalue weighted by Crippen LogP contribution is -2.61. The van der Waals surface area contributed by atoms with E-state index in [9.17, 15) is 0 Å². The van der Waals surface area contributed by atoms with Crippen molar-refractivity contribution in [2.75, 3.05) is 9.80 Å². The molecule has 9 rings (SSSR count). The highest BCUT2D eigenvalue weighted by Gasteiger charge is 2.44. The molecule has 2 aliphatic rings. The lowest BCUT2D eigenvalue weighted by Gasteiger charge is -2.45. The van der Waals surface area contributed by atoms with Crippen LogP contribution >= 0.6 is 0 Å². The van der Waals surface area contributed by atoms with E-state index in [1.165, 1.54) is 101 Å². The summed E-state index contributed by atoms with van der Waals surface area (Å²) in [6.07, 6.45) is 0. The van der Waals surface area contributed by atoms with Crippen molar-refractivity contribution in [1.82, 2.24) is 0 Å². The third-order valence-corrected chi connectivity index (χ3v) is 13.2. The van der Waals surface area contributed by atoms with Crippen molar-refractivity contribution in [3.8, 4) is 22.3 Å². The third kappa shape index (κ3) is 6.77. The Labute approximate surface area is 360 Å². The average Bonchev–Trinajstić information content (AvgIpc) is 3.25. The summed E-state index contributed by atoms with van der Waals surface area (Å²) < 4.78 is 0. The maximum atomic E-state index is 2.61. The van der Waals surface area contributed by atoms with E-state index in [-0.39, 0.29) is 6.71 Å². The first-order valence-corrected chi connectivity index (χ1v) is 22.4. The fraction of sp³-hybridized carbons (Fsp3) is 0.263. The molecule has 0 fully saturated rings. The van der Waals surface area contributed by atoms with Gasteiger partial charge in [-0.3, -0.25) is 0 Å². The number of rotatable bonds is 9. The molecule has 0 saturated carbocycles. The van der Waals surface area contributed by atoms with Crippen LogP contribution in [0.2, 0.25) is 0 Å². The van der Waals surface area contributed by atoms with Crippen molar-refractivity contribution in [3.05, 3.63) is 173 Å². The molecule has 300 valence electrons. The van der Waals surface area contributed by atoms with Crippen molar-refractivity contribution in [1.29, 1.82) is 0 Å². The van der Waals surface area contributed by atoms with Crippen LogP contribution < -0.4 is 26.2 Å². The van der Waals surface area contributed by atoms with E-state index < -0.39 is 0 Å². The molecule has 7 aromatic carbocycles. The molecule has 60 heavy (non-hydrogen) atoms. The van der Waals surface area contributed by atoms with E-state index in [4.69, 9.17) is 0 Å². The van der Waals surface area contributed by atoms with Crippen molar-refractivity contribution in [3.63, 3.8) is 0 Å². The highest BCUT2D eigenvalue weighted by molar-refractivity contribution is 7.00. The molecule has 0 spiro atoms. The predicted molar refractivity (Wildman–Crippen MR) is 262 cm³/mol. The first-order valence-electron chi connectivity index (χ1n) is 22.4. The fourth-order valence-electron chi connectivity index (χ4n) is 9.55. The number of nitrogens with zero attached hydrogens (tertiary/aromatic N) is 2. The van der Waals surface area contributed by atoms with Gasteiger partial charge in [0.2, 0.25) is 0 Å². The molecule has 0 amide bonds. The van der Waals surface area contributed by atoms with Crippen molar-refractivity contribution < 1.29 is 0 Å². The van der Waals surface area contributed by atoms with Gasteiger partial charge in [0, 0.05) is 33.9 Å². The molecule has 2 nitrogen and oxygen atoms in total. The molecule has 0 N–H and O–H groups in total. The van der Waals surface area contributed by atoms with E-state index >= 15 is 0 Å². The SMILES string of the molecule is CC(C)c1ccc(-c2ccccc2N2c3ccc(C(C)C)cc3B3c4cc(C(C)C)ccc4N(c4ccccc4-c4ccc(C(C)C)cc4)c4cc(C(C)C)cc2c43)cc1. The van der Waals surface area contributed by atoms with Gasteiger partial charge in [-0.2, -0.15) is 0 Å². The molecule has 0 aromatic heterocycles. The fourth-order valence-corrected chi connectivity index (χ4v) is 9.55. The Kier molecular flexibility index (Phi) is 10.4. The number of benzene rings is 7. The van der Waals surface area contributed by atoms with Gasteiger partial charge in [-0.15, -0.1) is 0 Å². The zero-order valence-electron chi connectivity index (χ0n) is 37.2. The third-order valence-electron chi connectivity index (χ3n) is 13.2. The molecule has 0 unspecified atom stereocenters. The molecule has 0 saturated heterocycles. The van der Waals surface area contributed by atoms with Crippen molar-refractivity contribution in [2.24, 2.45) is 0 Å². The minimum Gasteiger partial charge on any atom is -0.311 e. The molecule has 0 aliphatic carbocycles. The van der Waals surface area contributed by atoms with Crippen LogP contribution in [0.15, 0.2) is 146 Å². The van der Waals surface area contributed by atoms with Crippen LogP contribution in [0, 0.1) is 0 Å².